The number of halogens is 1. The zero-order valence-corrected chi connectivity index (χ0v) is 12.2. The molecule has 0 radical (unpaired) electrons. The zero-order valence-electron chi connectivity index (χ0n) is 10.6. The predicted molar refractivity (Wildman–Crippen MR) is 77.9 cm³/mol. The molecule has 0 spiro atoms. The number of aromatic nitrogens is 1. The van der Waals surface area contributed by atoms with Crippen molar-refractivity contribution in [3.05, 3.63) is 27.9 Å². The first-order valence-corrected chi connectivity index (χ1v) is 7.09. The molecule has 19 heavy (non-hydrogen) atoms. The molecule has 1 aliphatic heterocycles. The van der Waals surface area contributed by atoms with Crippen LogP contribution in [0.25, 0.3) is 0 Å². The van der Waals surface area contributed by atoms with Crippen molar-refractivity contribution in [2.45, 2.75) is 17.7 Å². The quantitative estimate of drug-likeness (QED) is 0.402. The van der Waals surface area contributed by atoms with Crippen molar-refractivity contribution in [3.63, 3.8) is 0 Å². The van der Waals surface area contributed by atoms with E-state index in [2.05, 4.69) is 15.5 Å². The Balaban J connectivity index is 0.000000861. The largest absolute Gasteiger partial charge is 0.411 e. The van der Waals surface area contributed by atoms with Gasteiger partial charge < -0.3 is 9.77 Å². The Morgan fingerprint density at radius 1 is 1.53 bits per heavy atom. The van der Waals surface area contributed by atoms with E-state index in [1.165, 1.54) is 0 Å². The van der Waals surface area contributed by atoms with Crippen LogP contribution in [0, 0.1) is 9.93 Å². The number of rotatable bonds is 3. The molecule has 2 heterocycles. The van der Waals surface area contributed by atoms with Crippen molar-refractivity contribution in [3.8, 4) is 0 Å². The first-order valence-electron chi connectivity index (χ1n) is 5.78. The zero-order chi connectivity index (χ0) is 14.3. The molecule has 6 nitrogen and oxygen atoms in total. The lowest BCUT2D eigenvalue weighted by molar-refractivity contribution is 0.317. The first-order chi connectivity index (χ1) is 9.26. The summed E-state index contributed by atoms with van der Waals surface area (Å²) in [5.41, 5.74) is 1.78. The molecule has 0 fully saturated rings. The minimum absolute atomic E-state index is 0.680. The molecule has 0 aromatic carbocycles. The highest BCUT2D eigenvalue weighted by atomic mass is 35.5. The summed E-state index contributed by atoms with van der Waals surface area (Å²) in [7, 11) is 1.97. The number of hydrogen-bond donors (Lipinski definition) is 1. The van der Waals surface area contributed by atoms with E-state index >= 15 is 0 Å². The van der Waals surface area contributed by atoms with Gasteiger partial charge >= 0.3 is 0 Å². The number of aryl methyl sites for hydroxylation is 1. The molecule has 8 heteroatoms. The summed E-state index contributed by atoms with van der Waals surface area (Å²) in [5, 5.41) is 12.5. The van der Waals surface area contributed by atoms with E-state index in [4.69, 9.17) is 26.7 Å². The molecule has 0 aliphatic carbocycles. The number of fused-ring (bicyclic) bond motifs is 1. The highest BCUT2D eigenvalue weighted by Crippen LogP contribution is 2.31. The van der Waals surface area contributed by atoms with Crippen molar-refractivity contribution in [1.82, 2.24) is 8.87 Å². The number of oxime groups is 1. The Hall–Kier alpha value is -1.05. The Kier molecular flexibility index (Phi) is 6.90. The standard InChI is InChI=1S/C11H16ClN3OS.O2/c1-14-7-4-10-11(14)9(13-16)3-8-15(17-10)6-2-5-12;1-2/h4,7,16H,2-3,5-6,8H2,1H3;/b13-9+;. The summed E-state index contributed by atoms with van der Waals surface area (Å²) in [6.07, 6.45) is 3.73. The van der Waals surface area contributed by atoms with Gasteiger partial charge in [-0.15, -0.1) is 11.6 Å². The maximum atomic E-state index is 9.09. The monoisotopic (exact) mass is 305 g/mol. The second-order valence-electron chi connectivity index (χ2n) is 4.00. The van der Waals surface area contributed by atoms with Crippen LogP contribution in [0.5, 0.6) is 0 Å². The van der Waals surface area contributed by atoms with E-state index in [0.717, 1.165) is 42.2 Å². The van der Waals surface area contributed by atoms with Crippen LogP contribution in [-0.2, 0) is 7.05 Å². The summed E-state index contributed by atoms with van der Waals surface area (Å²) in [5.74, 6) is 0.680. The molecule has 106 valence electrons. The SMILES string of the molecule is Cn1ccc2c1/C(=N/O)CCN(CCCCl)S2.O=O. The number of nitrogens with zero attached hydrogens (tertiary/aromatic N) is 3. The average Bonchev–Trinajstić information content (AvgIpc) is 2.71. The second kappa shape index (κ2) is 8.19. The lowest BCUT2D eigenvalue weighted by Gasteiger charge is -2.17. The number of alkyl halides is 1. The molecule has 2 rings (SSSR count). The van der Waals surface area contributed by atoms with Crippen molar-refractivity contribution >= 4 is 29.3 Å². The van der Waals surface area contributed by atoms with Gasteiger partial charge in [-0.1, -0.05) is 5.16 Å². The number of hydrogen-bond acceptors (Lipinski definition) is 6. The highest BCUT2D eigenvalue weighted by molar-refractivity contribution is 7.97. The van der Waals surface area contributed by atoms with Gasteiger partial charge in [0.25, 0.3) is 0 Å². The molecule has 1 aliphatic rings. The fourth-order valence-electron chi connectivity index (χ4n) is 1.95. The molecule has 0 saturated heterocycles. The molecule has 1 N–H and O–H groups in total. The van der Waals surface area contributed by atoms with Gasteiger partial charge in [0.15, 0.2) is 0 Å². The van der Waals surface area contributed by atoms with Gasteiger partial charge in [0, 0.05) is 48.6 Å². The van der Waals surface area contributed by atoms with Gasteiger partial charge in [0.2, 0.25) is 0 Å². The Morgan fingerprint density at radius 2 is 2.26 bits per heavy atom. The van der Waals surface area contributed by atoms with Gasteiger partial charge in [0.1, 0.15) is 5.71 Å². The fourth-order valence-corrected chi connectivity index (χ4v) is 3.22. The van der Waals surface area contributed by atoms with E-state index < -0.39 is 0 Å². The molecule has 0 bridgehead atoms. The Bertz CT molecular complexity index is 439. The van der Waals surface area contributed by atoms with E-state index in [9.17, 15) is 0 Å². The Morgan fingerprint density at radius 3 is 2.89 bits per heavy atom. The summed E-state index contributed by atoms with van der Waals surface area (Å²) < 4.78 is 4.28. The first kappa shape index (κ1) is 16.0. The third kappa shape index (κ3) is 3.95. The highest BCUT2D eigenvalue weighted by Gasteiger charge is 2.22. The summed E-state index contributed by atoms with van der Waals surface area (Å²) in [6.45, 7) is 1.84. The molecule has 1 aromatic rings. The van der Waals surface area contributed by atoms with Gasteiger partial charge in [-0.3, -0.25) is 0 Å². The molecule has 0 saturated carbocycles. The minimum Gasteiger partial charge on any atom is -0.411 e. The average molecular weight is 306 g/mol. The van der Waals surface area contributed by atoms with E-state index in [1.807, 2.05) is 17.8 Å². The molecular formula is C11H16ClN3O3S. The van der Waals surface area contributed by atoms with Gasteiger partial charge in [-0.2, -0.15) is 0 Å². The van der Waals surface area contributed by atoms with Crippen molar-refractivity contribution in [2.75, 3.05) is 19.0 Å². The second-order valence-corrected chi connectivity index (χ2v) is 5.52. The van der Waals surface area contributed by atoms with E-state index in [0.29, 0.717) is 5.88 Å². The topological polar surface area (TPSA) is 74.9 Å². The third-order valence-electron chi connectivity index (χ3n) is 2.80. The van der Waals surface area contributed by atoms with Crippen LogP contribution in [-0.4, -0.2) is 38.8 Å². The van der Waals surface area contributed by atoms with Crippen LogP contribution in [0.2, 0.25) is 0 Å². The normalized spacial score (nSPS) is 17.5. The van der Waals surface area contributed by atoms with Crippen LogP contribution in [0.1, 0.15) is 18.5 Å². The Labute approximate surface area is 120 Å². The van der Waals surface area contributed by atoms with Crippen LogP contribution >= 0.6 is 23.5 Å². The van der Waals surface area contributed by atoms with Crippen LogP contribution in [0.3, 0.4) is 0 Å². The molecule has 1 aromatic heterocycles. The minimum atomic E-state index is 0.680. The lowest BCUT2D eigenvalue weighted by Crippen LogP contribution is -2.19. The maximum absolute atomic E-state index is 9.09. The molecular weight excluding hydrogens is 290 g/mol. The fraction of sp³-hybridized carbons (Fsp3) is 0.545. The van der Waals surface area contributed by atoms with Gasteiger partial charge in [0.05, 0.1) is 10.6 Å². The van der Waals surface area contributed by atoms with Crippen molar-refractivity contribution < 1.29 is 5.21 Å². The van der Waals surface area contributed by atoms with Gasteiger partial charge in [-0.05, 0) is 24.4 Å². The van der Waals surface area contributed by atoms with Gasteiger partial charge in [-0.25, -0.2) is 4.31 Å². The van der Waals surface area contributed by atoms with Crippen LogP contribution < -0.4 is 0 Å². The van der Waals surface area contributed by atoms with E-state index in [-0.39, 0.29) is 0 Å². The van der Waals surface area contributed by atoms with Crippen LogP contribution in [0.15, 0.2) is 22.3 Å². The smallest absolute Gasteiger partial charge is 0.106 e. The predicted octanol–water partition coefficient (Wildman–Crippen LogP) is 2.61. The van der Waals surface area contributed by atoms with E-state index in [1.54, 1.807) is 11.9 Å². The molecule has 0 atom stereocenters. The summed E-state index contributed by atoms with van der Waals surface area (Å²) in [6, 6.07) is 2.06. The summed E-state index contributed by atoms with van der Waals surface area (Å²) in [4.78, 5) is 15.1. The maximum Gasteiger partial charge on any atom is 0.106 e. The van der Waals surface area contributed by atoms with Crippen molar-refractivity contribution in [1.29, 1.82) is 0 Å². The molecule has 0 unspecified atom stereocenters. The summed E-state index contributed by atoms with van der Waals surface area (Å²) >= 11 is 7.44. The van der Waals surface area contributed by atoms with Crippen molar-refractivity contribution in [2.24, 2.45) is 12.2 Å². The third-order valence-corrected chi connectivity index (χ3v) is 4.21. The molecule has 0 amide bonds. The van der Waals surface area contributed by atoms with Crippen LogP contribution in [0.4, 0.5) is 0 Å². The lowest BCUT2D eigenvalue weighted by atomic mass is 10.2.